The fraction of sp³-hybridized carbons (Fsp3) is 0.806. The van der Waals surface area contributed by atoms with Crippen LogP contribution in [0.4, 0.5) is 0 Å². The SMILES string of the molecule is CCCCCCCCCCCC(CCCCCCCCC)OC(=O)CCN(CCCN1CCN(CCCN(CCC(=O)OC(CCCCCCCCC)CCCCCCCCCCC)Cc2ccccc2)CC1)Cc1ccccc1. The normalized spacial score (nSPS) is 14.1. The Hall–Kier alpha value is -2.78. The molecule has 0 bridgehead atoms. The van der Waals surface area contributed by atoms with E-state index in [1.165, 1.54) is 217 Å². The molecule has 8 heteroatoms. The smallest absolute Gasteiger partial charge is 0.307 e. The first-order valence-electron chi connectivity index (χ1n) is 34.8. The van der Waals surface area contributed by atoms with Gasteiger partial charge in [0.15, 0.2) is 0 Å². The summed E-state index contributed by atoms with van der Waals surface area (Å²) in [7, 11) is 0. The molecule has 0 saturated carbocycles. The molecule has 2 aromatic carbocycles. The molecule has 80 heavy (non-hydrogen) atoms. The topological polar surface area (TPSA) is 65.6 Å². The molecule has 2 unspecified atom stereocenters. The molecule has 0 aromatic heterocycles. The van der Waals surface area contributed by atoms with Gasteiger partial charge in [-0.1, -0.05) is 268 Å². The number of rotatable bonds is 56. The van der Waals surface area contributed by atoms with Crippen molar-refractivity contribution in [1.82, 2.24) is 19.6 Å². The Kier molecular flexibility index (Phi) is 46.3. The second-order valence-electron chi connectivity index (χ2n) is 24.7. The van der Waals surface area contributed by atoms with E-state index in [1.807, 2.05) is 0 Å². The third-order valence-corrected chi connectivity index (χ3v) is 17.2. The summed E-state index contributed by atoms with van der Waals surface area (Å²) in [4.78, 5) is 37.4. The highest BCUT2D eigenvalue weighted by molar-refractivity contribution is 5.70. The van der Waals surface area contributed by atoms with Crippen molar-refractivity contribution in [2.45, 2.75) is 310 Å². The summed E-state index contributed by atoms with van der Waals surface area (Å²) in [6, 6.07) is 21.6. The Morgan fingerprint density at radius 3 is 0.900 bits per heavy atom. The molecule has 2 atom stereocenters. The van der Waals surface area contributed by atoms with E-state index >= 15 is 0 Å². The molecule has 0 spiro atoms. The molecule has 0 aliphatic carbocycles. The molecule has 3 rings (SSSR count). The van der Waals surface area contributed by atoms with Crippen LogP contribution in [0, 0.1) is 0 Å². The van der Waals surface area contributed by atoms with Gasteiger partial charge in [-0.15, -0.1) is 0 Å². The van der Waals surface area contributed by atoms with Crippen molar-refractivity contribution in [3.05, 3.63) is 71.8 Å². The molecule has 460 valence electrons. The van der Waals surface area contributed by atoms with Gasteiger partial charge in [-0.05, 0) is 102 Å². The summed E-state index contributed by atoms with van der Waals surface area (Å²) >= 11 is 0. The Morgan fingerprint density at radius 2 is 0.625 bits per heavy atom. The molecular weight excluding hydrogens is 985 g/mol. The number of unbranched alkanes of at least 4 members (excludes halogenated alkanes) is 28. The Labute approximate surface area is 495 Å². The van der Waals surface area contributed by atoms with Crippen LogP contribution < -0.4 is 0 Å². The summed E-state index contributed by atoms with van der Waals surface area (Å²) in [5, 5.41) is 0. The minimum Gasteiger partial charge on any atom is -0.462 e. The van der Waals surface area contributed by atoms with Crippen molar-refractivity contribution in [3.63, 3.8) is 0 Å². The van der Waals surface area contributed by atoms with Gasteiger partial charge in [0.25, 0.3) is 0 Å². The van der Waals surface area contributed by atoms with Crippen molar-refractivity contribution < 1.29 is 19.1 Å². The lowest BCUT2D eigenvalue weighted by atomic mass is 10.0. The van der Waals surface area contributed by atoms with E-state index in [2.05, 4.69) is 108 Å². The third-order valence-electron chi connectivity index (χ3n) is 17.2. The molecule has 0 N–H and O–H groups in total. The average molecular weight is 1110 g/mol. The maximum Gasteiger partial charge on any atom is 0.307 e. The van der Waals surface area contributed by atoms with Crippen LogP contribution in [0.5, 0.6) is 0 Å². The molecule has 0 radical (unpaired) electrons. The number of hydrogen-bond acceptors (Lipinski definition) is 8. The molecule has 2 aromatic rings. The standard InChI is InChI=1S/C72H128N4O4/c1-5-9-13-17-21-23-27-31-41-51-69(49-39-29-25-19-15-11-7-3)79-71(77)53-59-75(65-67-45-35-33-36-46-67)57-43-55-73-61-63-74(64-62-73)56-44-58-76(66-68-47-37-34-38-48-68)60-54-72(78)80-70(50-40-30-26-20-16-12-8-4)52-42-32-28-24-22-18-14-10-6-2/h33-38,45-48,69-70H,5-32,39-44,49-66H2,1-4H3. The van der Waals surface area contributed by atoms with Gasteiger partial charge in [0, 0.05) is 52.4 Å². The van der Waals surface area contributed by atoms with Crippen molar-refractivity contribution in [3.8, 4) is 0 Å². The number of hydrogen-bond donors (Lipinski definition) is 0. The van der Waals surface area contributed by atoms with Gasteiger partial charge < -0.3 is 19.3 Å². The molecule has 1 fully saturated rings. The monoisotopic (exact) mass is 1110 g/mol. The number of nitrogens with zero attached hydrogens (tertiary/aromatic N) is 4. The maximum atomic E-state index is 13.6. The first-order chi connectivity index (χ1) is 39.4. The number of esters is 2. The van der Waals surface area contributed by atoms with E-state index < -0.39 is 0 Å². The van der Waals surface area contributed by atoms with E-state index in [9.17, 15) is 9.59 Å². The fourth-order valence-electron chi connectivity index (χ4n) is 12.0. The Morgan fingerprint density at radius 1 is 0.362 bits per heavy atom. The molecule has 1 aliphatic heterocycles. The number of carbonyl (C=O) groups is 2. The fourth-order valence-corrected chi connectivity index (χ4v) is 12.0. The molecule has 1 heterocycles. The first-order valence-corrected chi connectivity index (χ1v) is 34.8. The summed E-state index contributed by atoms with van der Waals surface area (Å²) < 4.78 is 12.7. The number of piperazine rings is 1. The van der Waals surface area contributed by atoms with Crippen LogP contribution in [0.2, 0.25) is 0 Å². The zero-order chi connectivity index (χ0) is 57.0. The van der Waals surface area contributed by atoms with Gasteiger partial charge >= 0.3 is 11.9 Å². The summed E-state index contributed by atoms with van der Waals surface area (Å²) in [5.41, 5.74) is 2.61. The number of ether oxygens (including phenoxy) is 2. The predicted octanol–water partition coefficient (Wildman–Crippen LogP) is 19.1. The minimum atomic E-state index is -0.00829. The van der Waals surface area contributed by atoms with Crippen LogP contribution in [-0.4, -0.2) is 109 Å². The van der Waals surface area contributed by atoms with Crippen LogP contribution in [0.15, 0.2) is 60.7 Å². The van der Waals surface area contributed by atoms with E-state index in [1.54, 1.807) is 0 Å². The molecule has 1 aliphatic rings. The van der Waals surface area contributed by atoms with E-state index in [0.29, 0.717) is 12.8 Å². The Bertz CT molecular complexity index is 1530. The second-order valence-corrected chi connectivity index (χ2v) is 24.7. The summed E-state index contributed by atoms with van der Waals surface area (Å²) in [6.07, 6.45) is 49.2. The van der Waals surface area contributed by atoms with Crippen LogP contribution >= 0.6 is 0 Å². The second kappa shape index (κ2) is 51.8. The molecule has 1 saturated heterocycles. The third kappa shape index (κ3) is 40.4. The number of carbonyl (C=O) groups excluding carboxylic acids is 2. The predicted molar refractivity (Wildman–Crippen MR) is 343 cm³/mol. The van der Waals surface area contributed by atoms with Crippen LogP contribution in [0.1, 0.15) is 296 Å². The van der Waals surface area contributed by atoms with Gasteiger partial charge in [-0.2, -0.15) is 0 Å². The van der Waals surface area contributed by atoms with Gasteiger partial charge in [-0.3, -0.25) is 19.4 Å². The number of benzene rings is 2. The Balaban J connectivity index is 1.44. The van der Waals surface area contributed by atoms with Gasteiger partial charge in [0.1, 0.15) is 12.2 Å². The molecule has 0 amide bonds. The van der Waals surface area contributed by atoms with Crippen molar-refractivity contribution in [2.75, 3.05) is 65.4 Å². The zero-order valence-electron chi connectivity index (χ0n) is 53.1. The zero-order valence-corrected chi connectivity index (χ0v) is 53.1. The molecule has 8 nitrogen and oxygen atoms in total. The van der Waals surface area contributed by atoms with Gasteiger partial charge in [-0.25, -0.2) is 0 Å². The van der Waals surface area contributed by atoms with Gasteiger partial charge in [0.2, 0.25) is 0 Å². The lowest BCUT2D eigenvalue weighted by molar-refractivity contribution is -0.151. The maximum absolute atomic E-state index is 13.6. The largest absolute Gasteiger partial charge is 0.462 e. The average Bonchev–Trinajstić information content (AvgIpc) is 3.47. The van der Waals surface area contributed by atoms with Gasteiger partial charge in [0.05, 0.1) is 12.8 Å². The quantitative estimate of drug-likeness (QED) is 0.0480. The van der Waals surface area contributed by atoms with Crippen molar-refractivity contribution in [2.24, 2.45) is 0 Å². The van der Waals surface area contributed by atoms with Crippen molar-refractivity contribution in [1.29, 1.82) is 0 Å². The summed E-state index contributed by atoms with van der Waals surface area (Å²) in [6.45, 7) is 20.9. The van der Waals surface area contributed by atoms with Crippen LogP contribution in [0.25, 0.3) is 0 Å². The highest BCUT2D eigenvalue weighted by Crippen LogP contribution is 2.21. The lowest BCUT2D eigenvalue weighted by Gasteiger charge is -2.35. The van der Waals surface area contributed by atoms with Crippen LogP contribution in [-0.2, 0) is 32.2 Å². The lowest BCUT2D eigenvalue weighted by Crippen LogP contribution is -2.47. The van der Waals surface area contributed by atoms with E-state index in [4.69, 9.17) is 9.47 Å². The minimum absolute atomic E-state index is 0.00829. The van der Waals surface area contributed by atoms with Crippen LogP contribution in [0.3, 0.4) is 0 Å². The molecular formula is C72H128N4O4. The van der Waals surface area contributed by atoms with E-state index in [-0.39, 0.29) is 24.1 Å². The highest BCUT2D eigenvalue weighted by atomic mass is 16.5. The first kappa shape index (κ1) is 71.5. The summed E-state index contributed by atoms with van der Waals surface area (Å²) in [5.74, 6) is -0.0166. The highest BCUT2D eigenvalue weighted by Gasteiger charge is 2.21. The van der Waals surface area contributed by atoms with Crippen molar-refractivity contribution >= 4 is 11.9 Å². The van der Waals surface area contributed by atoms with E-state index in [0.717, 1.165) is 117 Å².